The van der Waals surface area contributed by atoms with Crippen LogP contribution >= 0.6 is 11.6 Å². The predicted octanol–water partition coefficient (Wildman–Crippen LogP) is 4.00. The molecule has 3 rings (SSSR count). The van der Waals surface area contributed by atoms with Crippen LogP contribution < -0.4 is 5.32 Å². The predicted molar refractivity (Wildman–Crippen MR) is 93.8 cm³/mol. The number of rotatable bonds is 2. The molecule has 1 unspecified atom stereocenters. The van der Waals surface area contributed by atoms with E-state index in [4.69, 9.17) is 11.6 Å². The maximum atomic E-state index is 14.1. The second-order valence-electron chi connectivity index (χ2n) is 5.90. The molecule has 2 amide bonds. The molecular formula is C18H19ClFN3O. The summed E-state index contributed by atoms with van der Waals surface area (Å²) in [6, 6.07) is 13.3. The topological polar surface area (TPSA) is 35.6 Å². The Morgan fingerprint density at radius 3 is 2.58 bits per heavy atom. The number of piperazine rings is 1. The lowest BCUT2D eigenvalue weighted by molar-refractivity contribution is 0.114. The van der Waals surface area contributed by atoms with Gasteiger partial charge in [-0.05, 0) is 37.4 Å². The summed E-state index contributed by atoms with van der Waals surface area (Å²) in [4.78, 5) is 16.3. The molecule has 1 N–H and O–H groups in total. The molecule has 24 heavy (non-hydrogen) atoms. The molecule has 0 aliphatic carbocycles. The number of nitrogens with one attached hydrogen (secondary N) is 1. The SMILES string of the molecule is CN1CCN(C(=O)Nc2ccc(Cl)cc2)CC1c1ccccc1F. The number of likely N-dealkylation sites (N-methyl/N-ethyl adjacent to an activating group) is 1. The van der Waals surface area contributed by atoms with Crippen molar-refractivity contribution in [3.05, 3.63) is 64.9 Å². The van der Waals surface area contributed by atoms with Crippen LogP contribution in [0.5, 0.6) is 0 Å². The Kier molecular flexibility index (Phi) is 5.02. The van der Waals surface area contributed by atoms with E-state index in [2.05, 4.69) is 10.2 Å². The number of halogens is 2. The van der Waals surface area contributed by atoms with Crippen LogP contribution in [0.25, 0.3) is 0 Å². The number of hydrogen-bond acceptors (Lipinski definition) is 2. The molecule has 1 heterocycles. The Labute approximate surface area is 145 Å². The van der Waals surface area contributed by atoms with Crippen molar-refractivity contribution < 1.29 is 9.18 Å². The lowest BCUT2D eigenvalue weighted by Gasteiger charge is -2.39. The molecule has 2 aromatic carbocycles. The van der Waals surface area contributed by atoms with E-state index in [1.165, 1.54) is 6.07 Å². The van der Waals surface area contributed by atoms with Crippen molar-refractivity contribution in [2.75, 3.05) is 32.0 Å². The van der Waals surface area contributed by atoms with Crippen molar-refractivity contribution in [1.29, 1.82) is 0 Å². The van der Waals surface area contributed by atoms with Crippen molar-refractivity contribution in [2.45, 2.75) is 6.04 Å². The lowest BCUT2D eigenvalue weighted by atomic mass is 10.0. The highest BCUT2D eigenvalue weighted by atomic mass is 35.5. The van der Waals surface area contributed by atoms with Gasteiger partial charge in [0.15, 0.2) is 0 Å². The summed E-state index contributed by atoms with van der Waals surface area (Å²) in [5.74, 6) is -0.241. The van der Waals surface area contributed by atoms with Crippen LogP contribution in [0.4, 0.5) is 14.9 Å². The first kappa shape index (κ1) is 16.7. The van der Waals surface area contributed by atoms with Crippen LogP contribution in [-0.4, -0.2) is 42.5 Å². The quantitative estimate of drug-likeness (QED) is 0.891. The summed E-state index contributed by atoms with van der Waals surface area (Å²) in [7, 11) is 1.95. The summed E-state index contributed by atoms with van der Waals surface area (Å²) in [6.45, 7) is 1.73. The summed E-state index contributed by atoms with van der Waals surface area (Å²) >= 11 is 5.85. The lowest BCUT2D eigenvalue weighted by Crippen LogP contribution is -2.50. The molecule has 126 valence electrons. The molecule has 0 aromatic heterocycles. The van der Waals surface area contributed by atoms with Crippen LogP contribution in [0.3, 0.4) is 0 Å². The summed E-state index contributed by atoms with van der Waals surface area (Å²) in [5.41, 5.74) is 1.30. The highest BCUT2D eigenvalue weighted by molar-refractivity contribution is 6.30. The molecule has 0 bridgehead atoms. The third-order valence-electron chi connectivity index (χ3n) is 4.29. The fourth-order valence-corrected chi connectivity index (χ4v) is 3.00. The first-order valence-electron chi connectivity index (χ1n) is 7.81. The van der Waals surface area contributed by atoms with E-state index >= 15 is 0 Å². The Morgan fingerprint density at radius 2 is 1.88 bits per heavy atom. The molecule has 2 aromatic rings. The maximum absolute atomic E-state index is 14.1. The molecular weight excluding hydrogens is 329 g/mol. The van der Waals surface area contributed by atoms with Gasteiger partial charge in [-0.2, -0.15) is 0 Å². The van der Waals surface area contributed by atoms with Gasteiger partial charge in [0.1, 0.15) is 5.82 Å². The van der Waals surface area contributed by atoms with Crippen molar-refractivity contribution in [2.24, 2.45) is 0 Å². The number of urea groups is 1. The van der Waals surface area contributed by atoms with Gasteiger partial charge in [0.25, 0.3) is 0 Å². The molecule has 6 heteroatoms. The van der Waals surface area contributed by atoms with E-state index in [1.54, 1.807) is 41.3 Å². The monoisotopic (exact) mass is 347 g/mol. The third-order valence-corrected chi connectivity index (χ3v) is 4.55. The fraction of sp³-hybridized carbons (Fsp3) is 0.278. The first-order chi connectivity index (χ1) is 11.5. The van der Waals surface area contributed by atoms with Gasteiger partial charge in [0, 0.05) is 35.9 Å². The van der Waals surface area contributed by atoms with E-state index in [0.29, 0.717) is 35.9 Å². The molecule has 1 fully saturated rings. The van der Waals surface area contributed by atoms with Crippen LogP contribution in [0.2, 0.25) is 5.02 Å². The minimum absolute atomic E-state index is 0.157. The normalized spacial score (nSPS) is 18.5. The maximum Gasteiger partial charge on any atom is 0.321 e. The van der Waals surface area contributed by atoms with E-state index < -0.39 is 0 Å². The second kappa shape index (κ2) is 7.20. The molecule has 1 atom stereocenters. The third kappa shape index (κ3) is 3.68. The minimum atomic E-state index is -0.241. The number of benzene rings is 2. The minimum Gasteiger partial charge on any atom is -0.321 e. The number of nitrogens with zero attached hydrogens (tertiary/aromatic N) is 2. The van der Waals surface area contributed by atoms with Crippen LogP contribution in [-0.2, 0) is 0 Å². The Bertz CT molecular complexity index is 722. The van der Waals surface area contributed by atoms with Crippen molar-refractivity contribution in [1.82, 2.24) is 9.80 Å². The first-order valence-corrected chi connectivity index (χ1v) is 8.18. The van der Waals surface area contributed by atoms with Crippen LogP contribution in [0.15, 0.2) is 48.5 Å². The van der Waals surface area contributed by atoms with Gasteiger partial charge >= 0.3 is 6.03 Å². The molecule has 1 aliphatic rings. The smallest absolute Gasteiger partial charge is 0.321 e. The number of hydrogen-bond donors (Lipinski definition) is 1. The van der Waals surface area contributed by atoms with Gasteiger partial charge in [-0.3, -0.25) is 4.90 Å². The van der Waals surface area contributed by atoms with Crippen molar-refractivity contribution >= 4 is 23.3 Å². The zero-order valence-electron chi connectivity index (χ0n) is 13.4. The fourth-order valence-electron chi connectivity index (χ4n) is 2.88. The van der Waals surface area contributed by atoms with E-state index in [-0.39, 0.29) is 17.9 Å². The Morgan fingerprint density at radius 1 is 1.17 bits per heavy atom. The van der Waals surface area contributed by atoms with Gasteiger partial charge in [-0.1, -0.05) is 29.8 Å². The number of carbonyl (C=O) groups excluding carboxylic acids is 1. The van der Waals surface area contributed by atoms with E-state index in [0.717, 1.165) is 0 Å². The van der Waals surface area contributed by atoms with Gasteiger partial charge in [-0.15, -0.1) is 0 Å². The molecule has 0 radical (unpaired) electrons. The van der Waals surface area contributed by atoms with Gasteiger partial charge in [-0.25, -0.2) is 9.18 Å². The molecule has 0 spiro atoms. The van der Waals surface area contributed by atoms with Crippen molar-refractivity contribution in [3.63, 3.8) is 0 Å². The number of carbonyl (C=O) groups is 1. The standard InChI is InChI=1S/C18H19ClFN3O/c1-22-10-11-23(12-17(22)15-4-2-3-5-16(15)20)18(24)21-14-8-6-13(19)7-9-14/h2-9,17H,10-12H2,1H3,(H,21,24). The van der Waals surface area contributed by atoms with Crippen LogP contribution in [0.1, 0.15) is 11.6 Å². The number of anilines is 1. The summed E-state index contributed by atoms with van der Waals surface area (Å²) in [5, 5.41) is 3.47. The Balaban J connectivity index is 1.71. The van der Waals surface area contributed by atoms with E-state index in [1.807, 2.05) is 13.1 Å². The molecule has 4 nitrogen and oxygen atoms in total. The van der Waals surface area contributed by atoms with Crippen LogP contribution in [0, 0.1) is 5.82 Å². The summed E-state index contributed by atoms with van der Waals surface area (Å²) in [6.07, 6.45) is 0. The van der Waals surface area contributed by atoms with Gasteiger partial charge in [0.05, 0.1) is 6.04 Å². The van der Waals surface area contributed by atoms with Crippen molar-refractivity contribution in [3.8, 4) is 0 Å². The summed E-state index contributed by atoms with van der Waals surface area (Å²) < 4.78 is 14.1. The largest absolute Gasteiger partial charge is 0.321 e. The highest BCUT2D eigenvalue weighted by Gasteiger charge is 2.29. The second-order valence-corrected chi connectivity index (χ2v) is 6.34. The Hall–Kier alpha value is -2.11. The zero-order valence-corrected chi connectivity index (χ0v) is 14.1. The van der Waals surface area contributed by atoms with Gasteiger partial charge in [0.2, 0.25) is 0 Å². The van der Waals surface area contributed by atoms with Gasteiger partial charge < -0.3 is 10.2 Å². The average Bonchev–Trinajstić information content (AvgIpc) is 2.58. The molecule has 1 saturated heterocycles. The molecule has 1 aliphatic heterocycles. The average molecular weight is 348 g/mol. The van der Waals surface area contributed by atoms with E-state index in [9.17, 15) is 9.18 Å². The highest BCUT2D eigenvalue weighted by Crippen LogP contribution is 2.26. The number of amides is 2. The zero-order chi connectivity index (χ0) is 17.1. The molecule has 0 saturated carbocycles.